The Hall–Kier alpha value is -0.845. The lowest BCUT2D eigenvalue weighted by molar-refractivity contribution is 0.00578. The SMILES string of the molecule is CC1(C)OB(/C=C/c2cnc(N)s2)OC1(C)C. The fraction of sp³-hybridized carbons (Fsp3) is 0.545. The molecule has 0 spiro atoms. The summed E-state index contributed by atoms with van der Waals surface area (Å²) in [6.45, 7) is 8.13. The highest BCUT2D eigenvalue weighted by atomic mass is 32.1. The number of nitrogen functional groups attached to an aromatic ring is 1. The predicted octanol–water partition coefficient (Wildman–Crippen LogP) is 2.37. The molecule has 1 saturated heterocycles. The summed E-state index contributed by atoms with van der Waals surface area (Å²) >= 11 is 1.44. The normalized spacial score (nSPS) is 22.5. The molecule has 4 nitrogen and oxygen atoms in total. The van der Waals surface area contributed by atoms with Crippen LogP contribution in [0.2, 0.25) is 0 Å². The number of hydrogen-bond donors (Lipinski definition) is 1. The zero-order valence-electron chi connectivity index (χ0n) is 10.6. The zero-order valence-corrected chi connectivity index (χ0v) is 11.4. The Balaban J connectivity index is 2.05. The van der Waals surface area contributed by atoms with Crippen LogP contribution < -0.4 is 5.73 Å². The van der Waals surface area contributed by atoms with E-state index in [1.54, 1.807) is 6.20 Å². The molecule has 1 fully saturated rings. The summed E-state index contributed by atoms with van der Waals surface area (Å²) < 4.78 is 11.7. The second-order valence-electron chi connectivity index (χ2n) is 5.08. The van der Waals surface area contributed by atoms with E-state index < -0.39 is 0 Å². The molecule has 0 unspecified atom stereocenters. The molecule has 92 valence electrons. The minimum Gasteiger partial charge on any atom is -0.400 e. The van der Waals surface area contributed by atoms with Crippen LogP contribution in [0.25, 0.3) is 6.08 Å². The van der Waals surface area contributed by atoms with Crippen molar-refractivity contribution in [2.75, 3.05) is 5.73 Å². The van der Waals surface area contributed by atoms with Crippen LogP contribution >= 0.6 is 11.3 Å². The van der Waals surface area contributed by atoms with Crippen molar-refractivity contribution >= 4 is 29.7 Å². The molecule has 0 radical (unpaired) electrons. The van der Waals surface area contributed by atoms with Gasteiger partial charge in [-0.25, -0.2) is 4.98 Å². The highest BCUT2D eigenvalue weighted by Gasteiger charge is 2.49. The Labute approximate surface area is 106 Å². The molecule has 1 aromatic rings. The number of thiazole rings is 1. The molecular formula is C11H17BN2O2S. The van der Waals surface area contributed by atoms with Crippen LogP contribution in [-0.4, -0.2) is 23.3 Å². The summed E-state index contributed by atoms with van der Waals surface area (Å²) in [6.07, 6.45) is 3.66. The molecule has 2 N–H and O–H groups in total. The molecule has 2 rings (SSSR count). The standard InChI is InChI=1S/C11H17BN2O2S/c1-10(2)11(3,4)16-12(15-10)6-5-8-7-14-9(13)17-8/h5-7H,1-4H3,(H2,13,14)/b6-5+. The van der Waals surface area contributed by atoms with Gasteiger partial charge in [0.15, 0.2) is 5.13 Å². The molecule has 0 aromatic carbocycles. The van der Waals surface area contributed by atoms with Gasteiger partial charge < -0.3 is 15.0 Å². The molecule has 2 heterocycles. The van der Waals surface area contributed by atoms with E-state index in [9.17, 15) is 0 Å². The molecule has 0 bridgehead atoms. The summed E-state index contributed by atoms with van der Waals surface area (Å²) in [5, 5.41) is 0.568. The molecule has 0 amide bonds. The first kappa shape index (κ1) is 12.6. The van der Waals surface area contributed by atoms with Gasteiger partial charge in [0.25, 0.3) is 0 Å². The van der Waals surface area contributed by atoms with Crippen molar-refractivity contribution in [2.45, 2.75) is 38.9 Å². The van der Waals surface area contributed by atoms with E-state index in [4.69, 9.17) is 15.0 Å². The average molecular weight is 252 g/mol. The number of nitrogens with two attached hydrogens (primary N) is 1. The third-order valence-electron chi connectivity index (χ3n) is 3.23. The Morgan fingerprint density at radius 1 is 1.29 bits per heavy atom. The van der Waals surface area contributed by atoms with Gasteiger partial charge in [-0.3, -0.25) is 0 Å². The third kappa shape index (κ3) is 2.54. The summed E-state index contributed by atoms with van der Waals surface area (Å²) in [5.74, 6) is 1.89. The first-order chi connectivity index (χ1) is 7.80. The average Bonchev–Trinajstić information content (AvgIpc) is 2.67. The van der Waals surface area contributed by atoms with Gasteiger partial charge in [-0.15, -0.1) is 0 Å². The van der Waals surface area contributed by atoms with Crippen LogP contribution in [0.4, 0.5) is 5.13 Å². The minimum absolute atomic E-state index is 0.297. The summed E-state index contributed by atoms with van der Waals surface area (Å²) in [4.78, 5) is 4.98. The lowest BCUT2D eigenvalue weighted by Gasteiger charge is -2.32. The van der Waals surface area contributed by atoms with Crippen LogP contribution in [0.5, 0.6) is 0 Å². The van der Waals surface area contributed by atoms with Gasteiger partial charge in [-0.2, -0.15) is 0 Å². The van der Waals surface area contributed by atoms with E-state index in [0.29, 0.717) is 5.13 Å². The van der Waals surface area contributed by atoms with Crippen LogP contribution in [0, 0.1) is 0 Å². The van der Waals surface area contributed by atoms with E-state index in [1.165, 1.54) is 11.3 Å². The molecule has 6 heteroatoms. The third-order valence-corrected chi connectivity index (χ3v) is 4.02. The maximum Gasteiger partial charge on any atom is 0.487 e. The van der Waals surface area contributed by atoms with E-state index in [-0.39, 0.29) is 18.3 Å². The van der Waals surface area contributed by atoms with Gasteiger partial charge >= 0.3 is 7.12 Å². The summed E-state index contributed by atoms with van der Waals surface area (Å²) in [5.41, 5.74) is 4.97. The van der Waals surface area contributed by atoms with E-state index in [2.05, 4.69) is 4.98 Å². The van der Waals surface area contributed by atoms with E-state index >= 15 is 0 Å². The fourth-order valence-electron chi connectivity index (χ4n) is 1.52. The van der Waals surface area contributed by atoms with Crippen LogP contribution in [0.1, 0.15) is 32.6 Å². The number of hydrogen-bond acceptors (Lipinski definition) is 5. The molecule has 17 heavy (non-hydrogen) atoms. The van der Waals surface area contributed by atoms with Crippen molar-refractivity contribution in [3.05, 3.63) is 17.0 Å². The fourth-order valence-corrected chi connectivity index (χ4v) is 2.12. The largest absolute Gasteiger partial charge is 0.487 e. The predicted molar refractivity (Wildman–Crippen MR) is 71.6 cm³/mol. The summed E-state index contributed by atoms with van der Waals surface area (Å²) in [6, 6.07) is 0. The molecule has 0 saturated carbocycles. The van der Waals surface area contributed by atoms with Gasteiger partial charge in [0.1, 0.15) is 0 Å². The second-order valence-corrected chi connectivity index (χ2v) is 6.18. The number of aromatic nitrogens is 1. The Morgan fingerprint density at radius 2 is 1.88 bits per heavy atom. The first-order valence-corrected chi connectivity index (χ1v) is 6.37. The van der Waals surface area contributed by atoms with Crippen molar-refractivity contribution in [1.29, 1.82) is 0 Å². The lowest BCUT2D eigenvalue weighted by atomic mass is 9.90. The zero-order chi connectivity index (χ0) is 12.7. The summed E-state index contributed by atoms with van der Waals surface area (Å²) in [7, 11) is -0.316. The quantitative estimate of drug-likeness (QED) is 0.821. The number of anilines is 1. The molecule has 1 aliphatic rings. The van der Waals surface area contributed by atoms with Gasteiger partial charge in [-0.05, 0) is 27.7 Å². The smallest absolute Gasteiger partial charge is 0.400 e. The number of nitrogens with zero attached hydrogens (tertiary/aromatic N) is 1. The van der Waals surface area contributed by atoms with Gasteiger partial charge in [0.05, 0.1) is 11.2 Å². The molecule has 0 atom stereocenters. The second kappa shape index (κ2) is 4.12. The maximum atomic E-state index is 5.84. The Bertz CT molecular complexity index is 426. The minimum atomic E-state index is -0.316. The van der Waals surface area contributed by atoms with Crippen LogP contribution in [0.3, 0.4) is 0 Å². The van der Waals surface area contributed by atoms with Gasteiger partial charge in [-0.1, -0.05) is 23.4 Å². The van der Waals surface area contributed by atoms with Crippen molar-refractivity contribution in [3.8, 4) is 0 Å². The highest BCUT2D eigenvalue weighted by Crippen LogP contribution is 2.37. The number of rotatable bonds is 2. The van der Waals surface area contributed by atoms with E-state index in [1.807, 2.05) is 39.7 Å². The van der Waals surface area contributed by atoms with Crippen molar-refractivity contribution in [2.24, 2.45) is 0 Å². The molecular weight excluding hydrogens is 235 g/mol. The van der Waals surface area contributed by atoms with E-state index in [0.717, 1.165) is 4.88 Å². The van der Waals surface area contributed by atoms with Crippen LogP contribution in [-0.2, 0) is 9.31 Å². The van der Waals surface area contributed by atoms with Gasteiger partial charge in [0.2, 0.25) is 0 Å². The molecule has 1 aromatic heterocycles. The molecule has 0 aliphatic carbocycles. The van der Waals surface area contributed by atoms with Gasteiger partial charge in [0, 0.05) is 11.1 Å². The Morgan fingerprint density at radius 3 is 2.35 bits per heavy atom. The Kier molecular flexibility index (Phi) is 3.05. The van der Waals surface area contributed by atoms with Crippen molar-refractivity contribution in [1.82, 2.24) is 4.98 Å². The first-order valence-electron chi connectivity index (χ1n) is 5.55. The van der Waals surface area contributed by atoms with Crippen molar-refractivity contribution in [3.63, 3.8) is 0 Å². The lowest BCUT2D eigenvalue weighted by Crippen LogP contribution is -2.41. The topological polar surface area (TPSA) is 57.4 Å². The van der Waals surface area contributed by atoms with Crippen LogP contribution in [0.15, 0.2) is 12.2 Å². The van der Waals surface area contributed by atoms with Crippen molar-refractivity contribution < 1.29 is 9.31 Å². The monoisotopic (exact) mass is 252 g/mol. The highest BCUT2D eigenvalue weighted by molar-refractivity contribution is 7.16. The maximum absolute atomic E-state index is 5.84. The molecule has 1 aliphatic heterocycles.